The van der Waals surface area contributed by atoms with Gasteiger partial charge in [0, 0.05) is 0 Å². The fraction of sp³-hybridized carbons (Fsp3) is 1.00. The van der Waals surface area contributed by atoms with E-state index in [1.807, 2.05) is 21.7 Å². The molecular formula is C3H7Br2LiMg. The molecular weight excluding hydrogens is 227 g/mol. The summed E-state index contributed by atoms with van der Waals surface area (Å²) in [5, 5.41) is 0. The van der Waals surface area contributed by atoms with Gasteiger partial charge in [0.05, 0.1) is 0 Å². The Kier molecular flexibility index (Phi) is 51.3. The van der Waals surface area contributed by atoms with Gasteiger partial charge in [0.15, 0.2) is 0 Å². The Hall–Kier alpha value is 2.32. The summed E-state index contributed by atoms with van der Waals surface area (Å²) >= 11 is 2.00. The molecule has 0 N–H and O–H groups in total. The van der Waals surface area contributed by atoms with Crippen molar-refractivity contribution in [1.29, 1.82) is 0 Å². The quantitative estimate of drug-likeness (QED) is 0.365. The van der Waals surface area contributed by atoms with Crippen molar-refractivity contribution in [2.75, 3.05) is 0 Å². The second-order valence-electron chi connectivity index (χ2n) is 1.39. The SMILES string of the molecule is C[CH](C)[Mg+].[Br-].[Br-].[Li+]. The summed E-state index contributed by atoms with van der Waals surface area (Å²) in [7, 11) is 0. The minimum Gasteiger partial charge on any atom is -1.00 e. The molecule has 0 saturated heterocycles. The van der Waals surface area contributed by atoms with Crippen molar-refractivity contribution in [2.24, 2.45) is 0 Å². The molecule has 0 heterocycles. The van der Waals surface area contributed by atoms with Crippen molar-refractivity contribution >= 4 is 21.7 Å². The van der Waals surface area contributed by atoms with E-state index in [0.717, 1.165) is 4.05 Å². The molecule has 0 rings (SSSR count). The first-order valence-electron chi connectivity index (χ1n) is 1.56. The standard InChI is InChI=1S/C3H7.2BrH.Li.Mg/c1-3-2;;;;/h3H,1-2H3;2*1H;;/q;;;2*+1/p-2. The van der Waals surface area contributed by atoms with Crippen LogP contribution in [0.3, 0.4) is 0 Å². The third kappa shape index (κ3) is 61.6. The Morgan fingerprint density at radius 1 is 1.14 bits per heavy atom. The molecule has 0 bridgehead atoms. The van der Waals surface area contributed by atoms with Crippen LogP contribution in [0.15, 0.2) is 0 Å². The molecule has 0 saturated carbocycles. The maximum atomic E-state index is 2.18. The average molecular weight is 234 g/mol. The summed E-state index contributed by atoms with van der Waals surface area (Å²) in [6.07, 6.45) is 0. The van der Waals surface area contributed by atoms with Crippen LogP contribution in [0, 0.1) is 0 Å². The molecule has 0 aromatic heterocycles. The van der Waals surface area contributed by atoms with E-state index in [-0.39, 0.29) is 52.8 Å². The Labute approximate surface area is 91.3 Å². The number of rotatable bonds is 0. The van der Waals surface area contributed by atoms with E-state index >= 15 is 0 Å². The van der Waals surface area contributed by atoms with Gasteiger partial charge in [-0.2, -0.15) is 0 Å². The van der Waals surface area contributed by atoms with E-state index in [1.165, 1.54) is 0 Å². The predicted octanol–water partition coefficient (Wildman–Crippen LogP) is -8.00. The molecule has 0 aromatic rings. The molecule has 0 aliphatic rings. The van der Waals surface area contributed by atoms with Crippen molar-refractivity contribution in [3.8, 4) is 0 Å². The molecule has 0 radical (unpaired) electrons. The second-order valence-corrected chi connectivity index (χ2v) is 3.03. The van der Waals surface area contributed by atoms with Crippen molar-refractivity contribution in [2.45, 2.75) is 17.9 Å². The van der Waals surface area contributed by atoms with E-state index in [1.54, 1.807) is 0 Å². The predicted molar refractivity (Wildman–Crippen MR) is 20.9 cm³/mol. The molecule has 0 fully saturated rings. The zero-order valence-corrected chi connectivity index (χ0v) is 9.63. The first-order chi connectivity index (χ1) is 1.73. The summed E-state index contributed by atoms with van der Waals surface area (Å²) in [4.78, 5) is 0. The molecule has 36 valence electrons. The normalized spacial score (nSPS) is 5.29. The minimum absolute atomic E-state index is 0. The van der Waals surface area contributed by atoms with Crippen molar-refractivity contribution in [3.63, 3.8) is 0 Å². The fourth-order valence-electron chi connectivity index (χ4n) is 0. The zero-order chi connectivity index (χ0) is 3.58. The van der Waals surface area contributed by atoms with Crippen LogP contribution < -0.4 is 52.8 Å². The Balaban J connectivity index is -0.0000000150. The van der Waals surface area contributed by atoms with Crippen molar-refractivity contribution in [1.82, 2.24) is 0 Å². The number of halogens is 2. The molecule has 4 heteroatoms. The van der Waals surface area contributed by atoms with Crippen molar-refractivity contribution in [3.05, 3.63) is 0 Å². The Bertz CT molecular complexity index is 17.7. The van der Waals surface area contributed by atoms with Gasteiger partial charge in [-0.05, 0) is 0 Å². The van der Waals surface area contributed by atoms with Gasteiger partial charge >= 0.3 is 58.5 Å². The van der Waals surface area contributed by atoms with E-state index < -0.39 is 0 Å². The molecule has 0 aliphatic heterocycles. The maximum absolute atomic E-state index is 2.18. The van der Waals surface area contributed by atoms with Crippen LogP contribution in [0.1, 0.15) is 13.8 Å². The van der Waals surface area contributed by atoms with E-state index in [9.17, 15) is 0 Å². The smallest absolute Gasteiger partial charge is 1.00 e. The molecule has 0 spiro atoms. The van der Waals surface area contributed by atoms with Crippen molar-refractivity contribution < 1.29 is 52.8 Å². The molecule has 7 heavy (non-hydrogen) atoms. The van der Waals surface area contributed by atoms with Gasteiger partial charge in [-0.3, -0.25) is 0 Å². The molecule has 0 atom stereocenters. The van der Waals surface area contributed by atoms with E-state index in [0.29, 0.717) is 0 Å². The third-order valence-corrected chi connectivity index (χ3v) is 0. The molecule has 0 amide bonds. The summed E-state index contributed by atoms with van der Waals surface area (Å²) in [5.41, 5.74) is 0. The van der Waals surface area contributed by atoms with Crippen LogP contribution >= 0.6 is 0 Å². The van der Waals surface area contributed by atoms with Gasteiger partial charge < -0.3 is 34.0 Å². The van der Waals surface area contributed by atoms with Crippen LogP contribution in [0.2, 0.25) is 4.05 Å². The number of hydrogen-bond donors (Lipinski definition) is 0. The fourth-order valence-corrected chi connectivity index (χ4v) is 0. The summed E-state index contributed by atoms with van der Waals surface area (Å²) in [6.45, 7) is 4.36. The van der Waals surface area contributed by atoms with Crippen LogP contribution in [-0.4, -0.2) is 21.7 Å². The van der Waals surface area contributed by atoms with Crippen LogP contribution in [0.25, 0.3) is 0 Å². The Morgan fingerprint density at radius 2 is 1.14 bits per heavy atom. The molecule has 0 unspecified atom stereocenters. The summed E-state index contributed by atoms with van der Waals surface area (Å²) in [6, 6.07) is 0. The van der Waals surface area contributed by atoms with Crippen LogP contribution in [0.5, 0.6) is 0 Å². The maximum Gasteiger partial charge on any atom is 1.00 e. The van der Waals surface area contributed by atoms with E-state index in [4.69, 9.17) is 0 Å². The van der Waals surface area contributed by atoms with Gasteiger partial charge in [0.25, 0.3) is 0 Å². The molecule has 0 aliphatic carbocycles. The first-order valence-corrected chi connectivity index (χ1v) is 2.38. The minimum atomic E-state index is 0. The second kappa shape index (κ2) is 15.8. The Morgan fingerprint density at radius 3 is 1.14 bits per heavy atom. The third-order valence-electron chi connectivity index (χ3n) is 0. The van der Waals surface area contributed by atoms with Crippen LogP contribution in [-0.2, 0) is 0 Å². The molecule has 0 aromatic carbocycles. The summed E-state index contributed by atoms with van der Waals surface area (Å²) < 4.78 is 0.861. The largest absolute Gasteiger partial charge is 1.00 e. The number of hydrogen-bond acceptors (Lipinski definition) is 0. The topological polar surface area (TPSA) is 0 Å². The van der Waals surface area contributed by atoms with Crippen LogP contribution in [0.4, 0.5) is 0 Å². The summed E-state index contributed by atoms with van der Waals surface area (Å²) in [5.74, 6) is 0. The van der Waals surface area contributed by atoms with Gasteiger partial charge in [-0.1, -0.05) is 0 Å². The molecule has 0 nitrogen and oxygen atoms in total. The van der Waals surface area contributed by atoms with E-state index in [2.05, 4.69) is 13.8 Å². The van der Waals surface area contributed by atoms with Gasteiger partial charge in [0.2, 0.25) is 0 Å². The van der Waals surface area contributed by atoms with Gasteiger partial charge in [-0.15, -0.1) is 0 Å². The first kappa shape index (κ1) is 22.8. The monoisotopic (exact) mass is 232 g/mol. The van der Waals surface area contributed by atoms with Gasteiger partial charge in [0.1, 0.15) is 0 Å². The zero-order valence-electron chi connectivity index (χ0n) is 5.04. The average Bonchev–Trinajstić information content (AvgIpc) is 0.811. The van der Waals surface area contributed by atoms with Gasteiger partial charge in [-0.25, -0.2) is 0 Å².